The summed E-state index contributed by atoms with van der Waals surface area (Å²) in [5, 5.41) is 0. The number of alkyl halides is 1. The van der Waals surface area contributed by atoms with Crippen LogP contribution < -0.4 is 4.74 Å². The van der Waals surface area contributed by atoms with Crippen molar-refractivity contribution in [1.82, 2.24) is 0 Å². The first-order valence-electron chi connectivity index (χ1n) is 6.07. The number of methoxy groups -OCH3 is 1. The third-order valence-corrected chi connectivity index (χ3v) is 4.82. The Labute approximate surface area is 131 Å². The van der Waals surface area contributed by atoms with Gasteiger partial charge in [0.25, 0.3) is 0 Å². The van der Waals surface area contributed by atoms with Gasteiger partial charge >= 0.3 is 0 Å². The zero-order valence-corrected chi connectivity index (χ0v) is 14.4. The highest BCUT2D eigenvalue weighted by Gasteiger charge is 2.14. The highest BCUT2D eigenvalue weighted by molar-refractivity contribution is 9.10. The molecule has 2 rings (SSSR count). The van der Waals surface area contributed by atoms with Crippen LogP contribution in [0.5, 0.6) is 5.75 Å². The molecular formula is C16H16Br2O. The van der Waals surface area contributed by atoms with E-state index in [2.05, 4.69) is 76.0 Å². The van der Waals surface area contributed by atoms with Crippen molar-refractivity contribution in [1.29, 1.82) is 0 Å². The van der Waals surface area contributed by atoms with Crippen LogP contribution in [-0.2, 0) is 0 Å². The van der Waals surface area contributed by atoms with E-state index in [1.165, 1.54) is 22.3 Å². The second-order valence-corrected chi connectivity index (χ2v) is 6.39. The summed E-state index contributed by atoms with van der Waals surface area (Å²) in [4.78, 5) is 0.189. The van der Waals surface area contributed by atoms with Gasteiger partial charge in [-0.2, -0.15) is 0 Å². The van der Waals surface area contributed by atoms with E-state index >= 15 is 0 Å². The van der Waals surface area contributed by atoms with Crippen molar-refractivity contribution in [3.05, 3.63) is 63.1 Å². The van der Waals surface area contributed by atoms with Gasteiger partial charge in [0.1, 0.15) is 5.75 Å². The monoisotopic (exact) mass is 382 g/mol. The molecule has 1 unspecified atom stereocenters. The van der Waals surface area contributed by atoms with Crippen LogP contribution >= 0.6 is 31.9 Å². The SMILES string of the molecule is COc1ccc(C(Br)c2cc(C)ccc2C)cc1Br. The predicted octanol–water partition coefficient (Wildman–Crippen LogP) is 5.56. The van der Waals surface area contributed by atoms with Gasteiger partial charge in [-0.15, -0.1) is 0 Å². The number of hydrogen-bond donors (Lipinski definition) is 0. The standard InChI is InChI=1S/C16H16Br2O/c1-10-4-5-11(2)13(8-10)16(18)12-6-7-15(19-3)14(17)9-12/h4-9,16H,1-3H3. The van der Waals surface area contributed by atoms with E-state index in [-0.39, 0.29) is 4.83 Å². The molecule has 0 heterocycles. The topological polar surface area (TPSA) is 9.23 Å². The lowest BCUT2D eigenvalue weighted by Crippen LogP contribution is -1.97. The van der Waals surface area contributed by atoms with Crippen LogP contribution in [0.1, 0.15) is 27.1 Å². The Kier molecular flexibility index (Phi) is 4.69. The largest absolute Gasteiger partial charge is 0.496 e. The van der Waals surface area contributed by atoms with Crippen LogP contribution in [-0.4, -0.2) is 7.11 Å². The summed E-state index contributed by atoms with van der Waals surface area (Å²) < 4.78 is 6.24. The summed E-state index contributed by atoms with van der Waals surface area (Å²) in [6.45, 7) is 4.26. The molecule has 0 aliphatic carbocycles. The summed E-state index contributed by atoms with van der Waals surface area (Å²) in [6, 6.07) is 12.7. The number of ether oxygens (including phenoxy) is 1. The normalized spacial score (nSPS) is 12.3. The second-order valence-electron chi connectivity index (χ2n) is 4.62. The highest BCUT2D eigenvalue weighted by atomic mass is 79.9. The van der Waals surface area contributed by atoms with Gasteiger partial charge in [-0.1, -0.05) is 45.8 Å². The lowest BCUT2D eigenvalue weighted by Gasteiger charge is -2.15. The van der Waals surface area contributed by atoms with Gasteiger partial charge < -0.3 is 4.74 Å². The molecule has 0 aliphatic rings. The van der Waals surface area contributed by atoms with E-state index in [4.69, 9.17) is 4.74 Å². The summed E-state index contributed by atoms with van der Waals surface area (Å²) in [6.07, 6.45) is 0. The second kappa shape index (κ2) is 6.10. The molecule has 2 aromatic rings. The molecule has 0 aromatic heterocycles. The van der Waals surface area contributed by atoms with Crippen molar-refractivity contribution >= 4 is 31.9 Å². The lowest BCUT2D eigenvalue weighted by atomic mass is 9.98. The van der Waals surface area contributed by atoms with Crippen LogP contribution in [0.15, 0.2) is 40.9 Å². The maximum Gasteiger partial charge on any atom is 0.133 e. The molecule has 0 fully saturated rings. The number of aryl methyl sites for hydroxylation is 2. The molecule has 0 amide bonds. The summed E-state index contributed by atoms with van der Waals surface area (Å²) in [7, 11) is 1.68. The van der Waals surface area contributed by atoms with Crippen molar-refractivity contribution in [3.63, 3.8) is 0 Å². The van der Waals surface area contributed by atoms with E-state index in [1.807, 2.05) is 6.07 Å². The average Bonchev–Trinajstić information content (AvgIpc) is 2.40. The Balaban J connectivity index is 2.41. The van der Waals surface area contributed by atoms with Gasteiger partial charge in [-0.05, 0) is 58.6 Å². The van der Waals surface area contributed by atoms with Crippen LogP contribution in [0.3, 0.4) is 0 Å². The van der Waals surface area contributed by atoms with Crippen molar-refractivity contribution in [2.45, 2.75) is 18.7 Å². The molecule has 0 spiro atoms. The minimum absolute atomic E-state index is 0.189. The molecule has 0 aliphatic heterocycles. The highest BCUT2D eigenvalue weighted by Crippen LogP contribution is 2.36. The van der Waals surface area contributed by atoms with Crippen molar-refractivity contribution < 1.29 is 4.74 Å². The molecule has 0 radical (unpaired) electrons. The van der Waals surface area contributed by atoms with E-state index in [0.29, 0.717) is 0 Å². The fourth-order valence-electron chi connectivity index (χ4n) is 2.05. The van der Waals surface area contributed by atoms with Crippen LogP contribution in [0.25, 0.3) is 0 Å². The minimum atomic E-state index is 0.189. The van der Waals surface area contributed by atoms with Crippen LogP contribution in [0.4, 0.5) is 0 Å². The summed E-state index contributed by atoms with van der Waals surface area (Å²) in [5.74, 6) is 0.851. The third kappa shape index (κ3) is 3.21. The maximum atomic E-state index is 5.27. The average molecular weight is 384 g/mol. The zero-order valence-electron chi connectivity index (χ0n) is 11.2. The first-order valence-corrected chi connectivity index (χ1v) is 7.78. The van der Waals surface area contributed by atoms with Gasteiger partial charge in [0.05, 0.1) is 16.4 Å². The molecule has 0 N–H and O–H groups in total. The summed E-state index contributed by atoms with van der Waals surface area (Å²) in [5.41, 5.74) is 5.08. The lowest BCUT2D eigenvalue weighted by molar-refractivity contribution is 0.412. The fourth-order valence-corrected chi connectivity index (χ4v) is 3.39. The Morgan fingerprint density at radius 1 is 1.05 bits per heavy atom. The van der Waals surface area contributed by atoms with Crippen LogP contribution in [0, 0.1) is 13.8 Å². The molecule has 1 nitrogen and oxygen atoms in total. The zero-order chi connectivity index (χ0) is 14.0. The van der Waals surface area contributed by atoms with Gasteiger partial charge in [0.15, 0.2) is 0 Å². The van der Waals surface area contributed by atoms with Crippen LogP contribution in [0.2, 0.25) is 0 Å². The fraction of sp³-hybridized carbons (Fsp3) is 0.250. The molecular weight excluding hydrogens is 368 g/mol. The van der Waals surface area contributed by atoms with Crippen molar-refractivity contribution in [2.24, 2.45) is 0 Å². The van der Waals surface area contributed by atoms with E-state index in [0.717, 1.165) is 10.2 Å². The van der Waals surface area contributed by atoms with Gasteiger partial charge in [0.2, 0.25) is 0 Å². The number of hydrogen-bond acceptors (Lipinski definition) is 1. The Bertz CT molecular complexity index is 593. The molecule has 3 heteroatoms. The van der Waals surface area contributed by atoms with Crippen molar-refractivity contribution in [3.8, 4) is 5.75 Å². The molecule has 1 atom stereocenters. The predicted molar refractivity (Wildman–Crippen MR) is 87.4 cm³/mol. The smallest absolute Gasteiger partial charge is 0.133 e. The molecule has 2 aromatic carbocycles. The first-order chi connectivity index (χ1) is 9.02. The van der Waals surface area contributed by atoms with Gasteiger partial charge in [-0.3, -0.25) is 0 Å². The van der Waals surface area contributed by atoms with Gasteiger partial charge in [-0.25, -0.2) is 0 Å². The third-order valence-electron chi connectivity index (χ3n) is 3.18. The van der Waals surface area contributed by atoms with E-state index in [1.54, 1.807) is 7.11 Å². The molecule has 19 heavy (non-hydrogen) atoms. The number of rotatable bonds is 3. The van der Waals surface area contributed by atoms with Crippen molar-refractivity contribution in [2.75, 3.05) is 7.11 Å². The quantitative estimate of drug-likeness (QED) is 0.630. The number of halogens is 2. The summed E-state index contributed by atoms with van der Waals surface area (Å²) >= 11 is 7.33. The Morgan fingerprint density at radius 2 is 1.79 bits per heavy atom. The number of benzene rings is 2. The molecule has 0 saturated heterocycles. The molecule has 0 bridgehead atoms. The molecule has 100 valence electrons. The van der Waals surface area contributed by atoms with Gasteiger partial charge in [0, 0.05) is 0 Å². The molecule has 0 saturated carbocycles. The Morgan fingerprint density at radius 3 is 2.42 bits per heavy atom. The van der Waals surface area contributed by atoms with E-state index in [9.17, 15) is 0 Å². The maximum absolute atomic E-state index is 5.27. The van der Waals surface area contributed by atoms with E-state index < -0.39 is 0 Å². The first kappa shape index (κ1) is 14.6. The minimum Gasteiger partial charge on any atom is -0.496 e. The Hall–Kier alpha value is -0.800.